The second kappa shape index (κ2) is 5.44. The van der Waals surface area contributed by atoms with Crippen LogP contribution < -0.4 is 5.32 Å². The highest BCUT2D eigenvalue weighted by Crippen LogP contribution is 2.17. The lowest BCUT2D eigenvalue weighted by Gasteiger charge is -2.08. The standard InChI is InChI=1S/C18H18N2O/c1-12-3-6-16(9-13(12)2)20-18(21)11-14-4-5-15-7-8-19-17(15)10-14/h3-10,19H,11H2,1-2H3,(H,20,21). The zero-order valence-corrected chi connectivity index (χ0v) is 12.2. The zero-order valence-electron chi connectivity index (χ0n) is 12.2. The largest absolute Gasteiger partial charge is 0.361 e. The molecule has 2 N–H and O–H groups in total. The number of hydrogen-bond donors (Lipinski definition) is 2. The van der Waals surface area contributed by atoms with Gasteiger partial charge in [-0.15, -0.1) is 0 Å². The Balaban J connectivity index is 1.71. The van der Waals surface area contributed by atoms with Crippen molar-refractivity contribution >= 4 is 22.5 Å². The first-order valence-electron chi connectivity index (χ1n) is 7.05. The minimum Gasteiger partial charge on any atom is -0.361 e. The molecule has 3 rings (SSSR count). The van der Waals surface area contributed by atoms with E-state index in [1.807, 2.05) is 55.6 Å². The zero-order chi connectivity index (χ0) is 14.8. The number of amides is 1. The van der Waals surface area contributed by atoms with E-state index in [0.29, 0.717) is 6.42 Å². The van der Waals surface area contributed by atoms with Gasteiger partial charge in [-0.05, 0) is 60.2 Å². The summed E-state index contributed by atoms with van der Waals surface area (Å²) in [7, 11) is 0. The summed E-state index contributed by atoms with van der Waals surface area (Å²) in [6.07, 6.45) is 2.28. The second-order valence-electron chi connectivity index (χ2n) is 5.42. The summed E-state index contributed by atoms with van der Waals surface area (Å²) in [5.74, 6) is 0.00385. The molecule has 1 heterocycles. The third-order valence-electron chi connectivity index (χ3n) is 3.77. The molecule has 2 aromatic carbocycles. The predicted octanol–water partition coefficient (Wildman–Crippen LogP) is 3.97. The minimum atomic E-state index is 0.00385. The van der Waals surface area contributed by atoms with Crippen molar-refractivity contribution in [3.63, 3.8) is 0 Å². The normalized spacial score (nSPS) is 10.8. The van der Waals surface area contributed by atoms with Gasteiger partial charge in [-0.2, -0.15) is 0 Å². The van der Waals surface area contributed by atoms with Crippen LogP contribution in [0.2, 0.25) is 0 Å². The van der Waals surface area contributed by atoms with Gasteiger partial charge in [-0.1, -0.05) is 18.2 Å². The average Bonchev–Trinajstić information content (AvgIpc) is 2.90. The fourth-order valence-corrected chi connectivity index (χ4v) is 2.41. The quantitative estimate of drug-likeness (QED) is 0.748. The number of anilines is 1. The highest BCUT2D eigenvalue weighted by molar-refractivity contribution is 5.93. The highest BCUT2D eigenvalue weighted by atomic mass is 16.1. The number of nitrogens with one attached hydrogen (secondary N) is 2. The molecule has 0 aliphatic rings. The number of hydrogen-bond acceptors (Lipinski definition) is 1. The number of fused-ring (bicyclic) bond motifs is 1. The number of benzene rings is 2. The molecule has 0 bridgehead atoms. The summed E-state index contributed by atoms with van der Waals surface area (Å²) < 4.78 is 0. The van der Waals surface area contributed by atoms with Crippen LogP contribution in [0.3, 0.4) is 0 Å². The first-order chi connectivity index (χ1) is 10.1. The van der Waals surface area contributed by atoms with Crippen molar-refractivity contribution in [2.75, 3.05) is 5.32 Å². The van der Waals surface area contributed by atoms with Crippen molar-refractivity contribution in [1.29, 1.82) is 0 Å². The van der Waals surface area contributed by atoms with E-state index in [-0.39, 0.29) is 5.91 Å². The molecule has 3 aromatic rings. The lowest BCUT2D eigenvalue weighted by molar-refractivity contribution is -0.115. The molecule has 21 heavy (non-hydrogen) atoms. The van der Waals surface area contributed by atoms with E-state index in [1.165, 1.54) is 11.1 Å². The molecule has 0 saturated heterocycles. The molecular formula is C18H18N2O. The van der Waals surface area contributed by atoms with Crippen LogP contribution in [0.4, 0.5) is 5.69 Å². The number of carbonyl (C=O) groups excluding carboxylic acids is 1. The smallest absolute Gasteiger partial charge is 0.228 e. The number of carbonyl (C=O) groups is 1. The Kier molecular flexibility index (Phi) is 3.48. The van der Waals surface area contributed by atoms with Crippen molar-refractivity contribution in [2.45, 2.75) is 20.3 Å². The predicted molar refractivity (Wildman–Crippen MR) is 86.5 cm³/mol. The van der Waals surface area contributed by atoms with Crippen LogP contribution in [0.1, 0.15) is 16.7 Å². The maximum atomic E-state index is 12.1. The van der Waals surface area contributed by atoms with Gasteiger partial charge in [0.1, 0.15) is 0 Å². The number of H-pyrrole nitrogens is 1. The van der Waals surface area contributed by atoms with Crippen LogP contribution in [0, 0.1) is 13.8 Å². The fraction of sp³-hybridized carbons (Fsp3) is 0.167. The van der Waals surface area contributed by atoms with Crippen LogP contribution in [-0.4, -0.2) is 10.9 Å². The SMILES string of the molecule is Cc1ccc(NC(=O)Cc2ccc3cc[nH]c3c2)cc1C. The molecule has 0 radical (unpaired) electrons. The first-order valence-corrected chi connectivity index (χ1v) is 7.05. The Morgan fingerprint density at radius 1 is 1.05 bits per heavy atom. The van der Waals surface area contributed by atoms with E-state index in [1.54, 1.807) is 0 Å². The number of aromatic amines is 1. The number of aryl methyl sites for hydroxylation is 2. The Morgan fingerprint density at radius 2 is 1.90 bits per heavy atom. The Hall–Kier alpha value is -2.55. The summed E-state index contributed by atoms with van der Waals surface area (Å²) in [4.78, 5) is 15.3. The maximum Gasteiger partial charge on any atom is 0.228 e. The van der Waals surface area contributed by atoms with Crippen LogP contribution in [0.15, 0.2) is 48.7 Å². The maximum absolute atomic E-state index is 12.1. The molecule has 0 unspecified atom stereocenters. The lowest BCUT2D eigenvalue weighted by atomic mass is 10.1. The molecular weight excluding hydrogens is 260 g/mol. The van der Waals surface area contributed by atoms with E-state index in [0.717, 1.165) is 22.2 Å². The Labute approximate surface area is 124 Å². The van der Waals surface area contributed by atoms with Crippen molar-refractivity contribution in [2.24, 2.45) is 0 Å². The molecule has 0 aliphatic carbocycles. The van der Waals surface area contributed by atoms with E-state index in [4.69, 9.17) is 0 Å². The topological polar surface area (TPSA) is 44.9 Å². The van der Waals surface area contributed by atoms with Gasteiger partial charge in [0.25, 0.3) is 0 Å². The molecule has 0 fully saturated rings. The van der Waals surface area contributed by atoms with Crippen LogP contribution in [-0.2, 0) is 11.2 Å². The molecule has 3 nitrogen and oxygen atoms in total. The summed E-state index contributed by atoms with van der Waals surface area (Å²) in [5, 5.41) is 4.11. The summed E-state index contributed by atoms with van der Waals surface area (Å²) in [6.45, 7) is 4.11. The van der Waals surface area contributed by atoms with Gasteiger partial charge >= 0.3 is 0 Å². The molecule has 3 heteroatoms. The fourth-order valence-electron chi connectivity index (χ4n) is 2.41. The van der Waals surface area contributed by atoms with Gasteiger partial charge in [-0.3, -0.25) is 4.79 Å². The molecule has 106 valence electrons. The average molecular weight is 278 g/mol. The summed E-state index contributed by atoms with van der Waals surface area (Å²) in [6, 6.07) is 14.0. The van der Waals surface area contributed by atoms with Gasteiger partial charge in [0, 0.05) is 17.4 Å². The third kappa shape index (κ3) is 2.97. The van der Waals surface area contributed by atoms with Gasteiger partial charge in [0.05, 0.1) is 6.42 Å². The first kappa shape index (κ1) is 13.4. The number of aromatic nitrogens is 1. The van der Waals surface area contributed by atoms with E-state index in [9.17, 15) is 4.79 Å². The van der Waals surface area contributed by atoms with Crippen LogP contribution in [0.25, 0.3) is 10.9 Å². The van der Waals surface area contributed by atoms with E-state index in [2.05, 4.69) is 17.2 Å². The molecule has 0 saturated carbocycles. The van der Waals surface area contributed by atoms with Gasteiger partial charge in [-0.25, -0.2) is 0 Å². The van der Waals surface area contributed by atoms with E-state index < -0.39 is 0 Å². The van der Waals surface area contributed by atoms with Crippen molar-refractivity contribution in [3.05, 3.63) is 65.4 Å². The Morgan fingerprint density at radius 3 is 2.71 bits per heavy atom. The molecule has 1 amide bonds. The Bertz CT molecular complexity index is 802. The van der Waals surface area contributed by atoms with Gasteiger partial charge in [0.15, 0.2) is 0 Å². The van der Waals surface area contributed by atoms with Gasteiger partial charge < -0.3 is 10.3 Å². The van der Waals surface area contributed by atoms with Crippen molar-refractivity contribution < 1.29 is 4.79 Å². The minimum absolute atomic E-state index is 0.00385. The molecule has 1 aromatic heterocycles. The number of rotatable bonds is 3. The second-order valence-corrected chi connectivity index (χ2v) is 5.42. The summed E-state index contributed by atoms with van der Waals surface area (Å²) >= 11 is 0. The van der Waals surface area contributed by atoms with Gasteiger partial charge in [0.2, 0.25) is 5.91 Å². The van der Waals surface area contributed by atoms with E-state index >= 15 is 0 Å². The van der Waals surface area contributed by atoms with Crippen LogP contribution in [0.5, 0.6) is 0 Å². The van der Waals surface area contributed by atoms with Crippen molar-refractivity contribution in [1.82, 2.24) is 4.98 Å². The molecule has 0 atom stereocenters. The molecule has 0 aliphatic heterocycles. The monoisotopic (exact) mass is 278 g/mol. The highest BCUT2D eigenvalue weighted by Gasteiger charge is 2.06. The third-order valence-corrected chi connectivity index (χ3v) is 3.77. The summed E-state index contributed by atoms with van der Waals surface area (Å²) in [5.41, 5.74) is 5.33. The van der Waals surface area contributed by atoms with Crippen molar-refractivity contribution in [3.8, 4) is 0 Å². The lowest BCUT2D eigenvalue weighted by Crippen LogP contribution is -2.14. The molecule has 0 spiro atoms. The van der Waals surface area contributed by atoms with Crippen LogP contribution >= 0.6 is 0 Å².